The van der Waals surface area contributed by atoms with Crippen LogP contribution in [0.5, 0.6) is 23.1 Å². The quantitative estimate of drug-likeness (QED) is 0.0686. The highest BCUT2D eigenvalue weighted by Gasteiger charge is 2.17. The van der Waals surface area contributed by atoms with Crippen molar-refractivity contribution in [3.05, 3.63) is 108 Å². The van der Waals surface area contributed by atoms with Gasteiger partial charge in [0, 0.05) is 23.7 Å². The Morgan fingerprint density at radius 2 is 1.77 bits per heavy atom. The molecule has 1 aliphatic heterocycles. The Balaban J connectivity index is 1.15. The number of amides is 1. The number of hydrogen-bond donors (Lipinski definition) is 4. The lowest BCUT2D eigenvalue weighted by atomic mass is 10.0. The molecule has 0 saturated carbocycles. The Kier molecular flexibility index (Phi) is 9.59. The van der Waals surface area contributed by atoms with Crippen LogP contribution < -0.4 is 14.8 Å². The number of benzene rings is 4. The van der Waals surface area contributed by atoms with E-state index in [0.29, 0.717) is 45.5 Å². The number of phenols is 1. The third kappa shape index (κ3) is 7.34. The van der Waals surface area contributed by atoms with E-state index in [-0.39, 0.29) is 28.8 Å². The molecule has 10 nitrogen and oxygen atoms in total. The predicted octanol–water partition coefficient (Wildman–Crippen LogP) is 7.12. The lowest BCUT2D eigenvalue weighted by Crippen LogP contribution is -2.31. The molecule has 47 heavy (non-hydrogen) atoms. The molecule has 0 aliphatic carbocycles. The van der Waals surface area contributed by atoms with E-state index in [2.05, 4.69) is 20.2 Å². The SMILES string of the molecule is C/C(C(=N)c1ccccc1)=C(/O)NC(=O)c1cccc2cc(Oc3ncnc4cc(OCCCN5CCCCC5)c(O)cc34)ccc12. The van der Waals surface area contributed by atoms with Gasteiger partial charge in [0.25, 0.3) is 5.91 Å². The monoisotopic (exact) mass is 631 g/mol. The van der Waals surface area contributed by atoms with Crippen molar-refractivity contribution < 1.29 is 24.5 Å². The Bertz CT molecular complexity index is 1950. The van der Waals surface area contributed by atoms with E-state index in [1.807, 2.05) is 24.3 Å². The number of allylic oxidation sites excluding steroid dienone is 1. The molecule has 0 spiro atoms. The molecule has 1 aromatic heterocycles. The Labute approximate surface area is 272 Å². The van der Waals surface area contributed by atoms with Gasteiger partial charge in [-0.1, -0.05) is 48.9 Å². The number of nitrogens with zero attached hydrogens (tertiary/aromatic N) is 3. The molecule has 4 N–H and O–H groups in total. The number of aromatic hydroxyl groups is 1. The molecule has 0 radical (unpaired) electrons. The number of fused-ring (bicyclic) bond motifs is 2. The lowest BCUT2D eigenvalue weighted by Gasteiger charge is -2.26. The minimum atomic E-state index is -0.510. The average Bonchev–Trinajstić information content (AvgIpc) is 3.10. The number of nitrogens with one attached hydrogen (secondary N) is 2. The van der Waals surface area contributed by atoms with Crippen molar-refractivity contribution in [3.63, 3.8) is 0 Å². The van der Waals surface area contributed by atoms with Crippen LogP contribution in [0.15, 0.2) is 96.6 Å². The first kappa shape index (κ1) is 31.5. The summed E-state index contributed by atoms with van der Waals surface area (Å²) in [5.41, 5.74) is 1.90. The number of hydrogen-bond acceptors (Lipinski definition) is 9. The van der Waals surface area contributed by atoms with Crippen LogP contribution in [-0.2, 0) is 0 Å². The van der Waals surface area contributed by atoms with Crippen LogP contribution in [0.4, 0.5) is 0 Å². The fraction of sp³-hybridized carbons (Fsp3) is 0.243. The van der Waals surface area contributed by atoms with Crippen molar-refractivity contribution >= 4 is 33.3 Å². The number of rotatable bonds is 11. The molecule has 1 fully saturated rings. The second-order valence-corrected chi connectivity index (χ2v) is 11.6. The number of carbonyl (C=O) groups is 1. The van der Waals surface area contributed by atoms with Gasteiger partial charge in [-0.3, -0.25) is 15.5 Å². The van der Waals surface area contributed by atoms with E-state index in [1.165, 1.54) is 25.6 Å². The van der Waals surface area contributed by atoms with Crippen LogP contribution in [0.3, 0.4) is 0 Å². The van der Waals surface area contributed by atoms with Gasteiger partial charge in [-0.25, -0.2) is 9.97 Å². The number of aromatic nitrogens is 2. The third-order valence-corrected chi connectivity index (χ3v) is 8.34. The van der Waals surface area contributed by atoms with Gasteiger partial charge in [-0.2, -0.15) is 0 Å². The van der Waals surface area contributed by atoms with Crippen molar-refractivity contribution in [2.24, 2.45) is 0 Å². The van der Waals surface area contributed by atoms with Crippen LogP contribution in [0.2, 0.25) is 0 Å². The highest BCUT2D eigenvalue weighted by atomic mass is 16.5. The topological polar surface area (TPSA) is 141 Å². The normalized spacial score (nSPS) is 14.1. The van der Waals surface area contributed by atoms with Crippen molar-refractivity contribution in [3.8, 4) is 23.1 Å². The van der Waals surface area contributed by atoms with Gasteiger partial charge >= 0.3 is 0 Å². The van der Waals surface area contributed by atoms with Crippen LogP contribution in [0.1, 0.15) is 48.5 Å². The fourth-order valence-corrected chi connectivity index (χ4v) is 5.74. The molecule has 4 aromatic carbocycles. The smallest absolute Gasteiger partial charge is 0.258 e. The Morgan fingerprint density at radius 3 is 2.57 bits per heavy atom. The molecule has 1 saturated heterocycles. The van der Waals surface area contributed by atoms with Crippen molar-refractivity contribution in [1.29, 1.82) is 5.41 Å². The molecule has 1 amide bonds. The standard InChI is InChI=1S/C37H37N5O5/c1-24(34(38)25-10-4-2-5-11-25)35(44)41-36(45)29-13-8-12-26-20-27(14-15-28(26)29)47-37-30-21-32(43)33(22-31(30)39-23-40-37)46-19-9-18-42-16-6-3-7-17-42/h2,4-5,8,10-15,20-23,38,43-44H,3,6-7,9,16-19H2,1H3,(H,41,45)/b35-24-,38-34?. The molecule has 10 heteroatoms. The first-order valence-electron chi connectivity index (χ1n) is 15.8. The van der Waals surface area contributed by atoms with Crippen molar-refractivity contribution in [2.45, 2.75) is 32.6 Å². The van der Waals surface area contributed by atoms with E-state index in [9.17, 15) is 15.0 Å². The van der Waals surface area contributed by atoms with Crippen LogP contribution in [0, 0.1) is 5.41 Å². The van der Waals surface area contributed by atoms with Crippen LogP contribution in [-0.4, -0.2) is 62.9 Å². The van der Waals surface area contributed by atoms with E-state index >= 15 is 0 Å². The second-order valence-electron chi connectivity index (χ2n) is 11.6. The fourth-order valence-electron chi connectivity index (χ4n) is 5.74. The molecule has 6 rings (SSSR count). The average molecular weight is 632 g/mol. The second kappa shape index (κ2) is 14.3. The summed E-state index contributed by atoms with van der Waals surface area (Å²) in [7, 11) is 0. The maximum atomic E-state index is 13.2. The summed E-state index contributed by atoms with van der Waals surface area (Å²) in [6.45, 7) is 5.33. The van der Waals surface area contributed by atoms with Crippen LogP contribution in [0.25, 0.3) is 21.7 Å². The summed E-state index contributed by atoms with van der Waals surface area (Å²) >= 11 is 0. The molecular weight excluding hydrogens is 594 g/mol. The zero-order valence-corrected chi connectivity index (χ0v) is 26.2. The van der Waals surface area contributed by atoms with Gasteiger partial charge < -0.3 is 24.6 Å². The number of likely N-dealkylation sites (tertiary alicyclic amines) is 1. The maximum absolute atomic E-state index is 13.2. The highest BCUT2D eigenvalue weighted by molar-refractivity contribution is 6.12. The summed E-state index contributed by atoms with van der Waals surface area (Å²) in [6, 6.07) is 22.8. The molecule has 5 aromatic rings. The molecule has 0 unspecified atom stereocenters. The molecule has 2 heterocycles. The molecule has 1 aliphatic rings. The summed E-state index contributed by atoms with van der Waals surface area (Å²) < 4.78 is 12.0. The van der Waals surface area contributed by atoms with Gasteiger partial charge in [-0.15, -0.1) is 0 Å². The molecular formula is C37H37N5O5. The first-order valence-corrected chi connectivity index (χ1v) is 15.8. The molecule has 0 atom stereocenters. The van der Waals surface area contributed by atoms with E-state index in [4.69, 9.17) is 14.9 Å². The van der Waals surface area contributed by atoms with Gasteiger partial charge in [0.1, 0.15) is 12.1 Å². The predicted molar refractivity (Wildman–Crippen MR) is 182 cm³/mol. The van der Waals surface area contributed by atoms with Gasteiger partial charge in [0.2, 0.25) is 5.88 Å². The number of aliphatic hydroxyl groups is 1. The van der Waals surface area contributed by atoms with Gasteiger partial charge in [-0.05, 0) is 85.9 Å². The zero-order chi connectivity index (χ0) is 32.8. The van der Waals surface area contributed by atoms with Gasteiger partial charge in [0.15, 0.2) is 17.4 Å². The summed E-state index contributed by atoms with van der Waals surface area (Å²) in [6.07, 6.45) is 6.08. The van der Waals surface area contributed by atoms with Gasteiger partial charge in [0.05, 0.1) is 23.2 Å². The Hall–Kier alpha value is -5.48. The minimum Gasteiger partial charge on any atom is -0.504 e. The summed E-state index contributed by atoms with van der Waals surface area (Å²) in [4.78, 5) is 24.3. The maximum Gasteiger partial charge on any atom is 0.258 e. The largest absolute Gasteiger partial charge is 0.504 e. The Morgan fingerprint density at radius 1 is 0.957 bits per heavy atom. The van der Waals surface area contributed by atoms with E-state index < -0.39 is 5.91 Å². The number of carbonyl (C=O) groups excluding carboxylic acids is 1. The number of aliphatic hydroxyl groups excluding tert-OH is 1. The lowest BCUT2D eigenvalue weighted by molar-refractivity contribution is 0.0948. The van der Waals surface area contributed by atoms with Crippen LogP contribution >= 0.6 is 0 Å². The molecule has 240 valence electrons. The number of piperidine rings is 1. The zero-order valence-electron chi connectivity index (χ0n) is 26.2. The minimum absolute atomic E-state index is 0.0178. The number of phenolic OH excluding ortho intramolecular Hbond substituents is 1. The summed E-state index contributed by atoms with van der Waals surface area (Å²) in [5.74, 6) is 0.194. The summed E-state index contributed by atoms with van der Waals surface area (Å²) in [5, 5.41) is 34.2. The highest BCUT2D eigenvalue weighted by Crippen LogP contribution is 2.36. The van der Waals surface area contributed by atoms with Crippen molar-refractivity contribution in [1.82, 2.24) is 20.2 Å². The first-order chi connectivity index (χ1) is 22.9. The van der Waals surface area contributed by atoms with E-state index in [0.717, 1.165) is 31.4 Å². The molecule has 0 bridgehead atoms. The third-order valence-electron chi connectivity index (χ3n) is 8.34. The van der Waals surface area contributed by atoms with E-state index in [1.54, 1.807) is 61.5 Å². The number of ether oxygens (including phenoxy) is 2. The van der Waals surface area contributed by atoms with Crippen molar-refractivity contribution in [2.75, 3.05) is 26.2 Å².